The van der Waals surface area contributed by atoms with Crippen LogP contribution in [0, 0.1) is 11.8 Å². The molecule has 0 spiro atoms. The van der Waals surface area contributed by atoms with Crippen LogP contribution in [-0.2, 0) is 0 Å². The Labute approximate surface area is 106 Å². The molecular formula is C15H26N2. The number of amidine groups is 1. The summed E-state index contributed by atoms with van der Waals surface area (Å²) in [5.41, 5.74) is 2.26. The molecular weight excluding hydrogens is 208 g/mol. The summed E-state index contributed by atoms with van der Waals surface area (Å²) in [4.78, 5) is 4.21. The summed E-state index contributed by atoms with van der Waals surface area (Å²) in [6.07, 6.45) is 7.39. The van der Waals surface area contributed by atoms with Gasteiger partial charge in [-0.3, -0.25) is 4.99 Å². The second-order valence-corrected chi connectivity index (χ2v) is 5.27. The van der Waals surface area contributed by atoms with Gasteiger partial charge in [-0.2, -0.15) is 0 Å². The molecule has 1 aliphatic rings. The van der Waals surface area contributed by atoms with Gasteiger partial charge < -0.3 is 5.32 Å². The van der Waals surface area contributed by atoms with Crippen molar-refractivity contribution in [2.24, 2.45) is 16.8 Å². The quantitative estimate of drug-likeness (QED) is 0.566. The Bertz CT molecular complexity index is 320. The van der Waals surface area contributed by atoms with Crippen molar-refractivity contribution in [3.8, 4) is 0 Å². The first-order valence-corrected chi connectivity index (χ1v) is 6.61. The molecule has 0 aromatic rings. The van der Waals surface area contributed by atoms with E-state index in [2.05, 4.69) is 36.8 Å². The molecule has 17 heavy (non-hydrogen) atoms. The number of nitrogens with zero attached hydrogens (tertiary/aromatic N) is 1. The number of nitrogens with one attached hydrogen (secondary N) is 1. The van der Waals surface area contributed by atoms with Gasteiger partial charge in [-0.15, -0.1) is 0 Å². The van der Waals surface area contributed by atoms with Gasteiger partial charge in [0, 0.05) is 12.7 Å². The summed E-state index contributed by atoms with van der Waals surface area (Å²) >= 11 is 0. The SMILES string of the molecule is C=C(C)C(=NC)N/C(=C\C)CCC1CC(C)C1. The van der Waals surface area contributed by atoms with Crippen molar-refractivity contribution in [1.29, 1.82) is 0 Å². The van der Waals surface area contributed by atoms with E-state index in [-0.39, 0.29) is 0 Å². The lowest BCUT2D eigenvalue weighted by atomic mass is 9.74. The maximum Gasteiger partial charge on any atom is 0.127 e. The summed E-state index contributed by atoms with van der Waals surface area (Å²) in [6.45, 7) is 10.3. The normalized spacial score (nSPS) is 25.4. The first-order chi connectivity index (χ1) is 8.06. The van der Waals surface area contributed by atoms with Gasteiger partial charge >= 0.3 is 0 Å². The number of aliphatic imine (C=N–C) groups is 1. The Morgan fingerprint density at radius 2 is 2.12 bits per heavy atom. The van der Waals surface area contributed by atoms with E-state index >= 15 is 0 Å². The van der Waals surface area contributed by atoms with Crippen LogP contribution >= 0.6 is 0 Å². The third kappa shape index (κ3) is 4.37. The van der Waals surface area contributed by atoms with E-state index in [1.807, 2.05) is 6.92 Å². The fourth-order valence-corrected chi connectivity index (χ4v) is 2.45. The Hall–Kier alpha value is -1.05. The standard InChI is InChI=1S/C15H26N2/c1-6-14(17-15(16-5)11(2)3)8-7-13-9-12(4)10-13/h6,12-13H,2,7-10H2,1,3-5H3,(H,16,17)/b14-6-. The fourth-order valence-electron chi connectivity index (χ4n) is 2.45. The van der Waals surface area contributed by atoms with Crippen LogP contribution < -0.4 is 5.32 Å². The van der Waals surface area contributed by atoms with Gasteiger partial charge in [-0.1, -0.05) is 19.6 Å². The predicted molar refractivity (Wildman–Crippen MR) is 76.2 cm³/mol. The summed E-state index contributed by atoms with van der Waals surface area (Å²) in [7, 11) is 1.80. The van der Waals surface area contributed by atoms with Crippen molar-refractivity contribution in [3.05, 3.63) is 23.9 Å². The van der Waals surface area contributed by atoms with Crippen LogP contribution in [0.15, 0.2) is 28.9 Å². The highest BCUT2D eigenvalue weighted by Gasteiger charge is 2.24. The summed E-state index contributed by atoms with van der Waals surface area (Å²) in [5, 5.41) is 3.38. The van der Waals surface area contributed by atoms with E-state index in [1.165, 1.54) is 25.0 Å². The number of hydrogen-bond donors (Lipinski definition) is 1. The molecule has 0 unspecified atom stereocenters. The first kappa shape index (κ1) is 14.0. The molecule has 1 rings (SSSR count). The highest BCUT2D eigenvalue weighted by molar-refractivity contribution is 5.98. The summed E-state index contributed by atoms with van der Waals surface area (Å²) in [5.74, 6) is 2.79. The molecule has 2 nitrogen and oxygen atoms in total. The topological polar surface area (TPSA) is 24.4 Å². The second-order valence-electron chi connectivity index (χ2n) is 5.27. The van der Waals surface area contributed by atoms with Crippen LogP contribution in [0.25, 0.3) is 0 Å². The van der Waals surface area contributed by atoms with E-state index in [0.29, 0.717) is 0 Å². The zero-order valence-corrected chi connectivity index (χ0v) is 11.7. The zero-order chi connectivity index (χ0) is 12.8. The number of rotatable bonds is 5. The van der Waals surface area contributed by atoms with E-state index in [4.69, 9.17) is 0 Å². The Morgan fingerprint density at radius 1 is 1.47 bits per heavy atom. The van der Waals surface area contributed by atoms with E-state index in [1.54, 1.807) is 7.05 Å². The van der Waals surface area contributed by atoms with Crippen LogP contribution in [0.1, 0.15) is 46.5 Å². The molecule has 0 bridgehead atoms. The third-order valence-corrected chi connectivity index (χ3v) is 3.55. The second kappa shape index (κ2) is 6.63. The van der Waals surface area contributed by atoms with Crippen molar-refractivity contribution < 1.29 is 0 Å². The lowest BCUT2D eigenvalue weighted by Crippen LogP contribution is -2.25. The number of allylic oxidation sites excluding steroid dienone is 2. The van der Waals surface area contributed by atoms with Gasteiger partial charge in [0.25, 0.3) is 0 Å². The van der Waals surface area contributed by atoms with Crippen molar-refractivity contribution in [1.82, 2.24) is 5.32 Å². The largest absolute Gasteiger partial charge is 0.344 e. The maximum atomic E-state index is 4.21. The van der Waals surface area contributed by atoms with Crippen LogP contribution in [0.3, 0.4) is 0 Å². The molecule has 0 aromatic carbocycles. The van der Waals surface area contributed by atoms with Crippen LogP contribution in [0.5, 0.6) is 0 Å². The van der Waals surface area contributed by atoms with Crippen LogP contribution in [0.4, 0.5) is 0 Å². The van der Waals surface area contributed by atoms with Gasteiger partial charge in [0.15, 0.2) is 0 Å². The van der Waals surface area contributed by atoms with Crippen molar-refractivity contribution in [2.75, 3.05) is 7.05 Å². The minimum absolute atomic E-state index is 0.903. The van der Waals surface area contributed by atoms with Gasteiger partial charge in [0.05, 0.1) is 0 Å². The minimum atomic E-state index is 0.903. The Kier molecular flexibility index (Phi) is 5.46. The molecule has 0 aliphatic heterocycles. The molecule has 0 heterocycles. The van der Waals surface area contributed by atoms with Crippen molar-refractivity contribution in [2.45, 2.75) is 46.5 Å². The first-order valence-electron chi connectivity index (χ1n) is 6.61. The summed E-state index contributed by atoms with van der Waals surface area (Å²) in [6, 6.07) is 0. The van der Waals surface area contributed by atoms with E-state index in [0.717, 1.165) is 29.7 Å². The molecule has 0 radical (unpaired) electrons. The average Bonchev–Trinajstić information content (AvgIpc) is 2.26. The molecule has 2 heteroatoms. The lowest BCUT2D eigenvalue weighted by Gasteiger charge is -2.33. The molecule has 0 amide bonds. The molecule has 0 atom stereocenters. The van der Waals surface area contributed by atoms with E-state index in [9.17, 15) is 0 Å². The smallest absolute Gasteiger partial charge is 0.127 e. The monoisotopic (exact) mass is 234 g/mol. The molecule has 0 aromatic heterocycles. The molecule has 1 aliphatic carbocycles. The third-order valence-electron chi connectivity index (χ3n) is 3.55. The highest BCUT2D eigenvalue weighted by atomic mass is 15.0. The highest BCUT2D eigenvalue weighted by Crippen LogP contribution is 2.36. The molecule has 96 valence electrons. The summed E-state index contributed by atoms with van der Waals surface area (Å²) < 4.78 is 0. The Balaban J connectivity index is 2.36. The van der Waals surface area contributed by atoms with Crippen LogP contribution in [0.2, 0.25) is 0 Å². The average molecular weight is 234 g/mol. The fraction of sp³-hybridized carbons (Fsp3) is 0.667. The van der Waals surface area contributed by atoms with E-state index < -0.39 is 0 Å². The van der Waals surface area contributed by atoms with Gasteiger partial charge in [0.2, 0.25) is 0 Å². The van der Waals surface area contributed by atoms with Crippen LogP contribution in [-0.4, -0.2) is 12.9 Å². The molecule has 1 N–H and O–H groups in total. The Morgan fingerprint density at radius 3 is 2.53 bits per heavy atom. The zero-order valence-electron chi connectivity index (χ0n) is 11.7. The lowest BCUT2D eigenvalue weighted by molar-refractivity contribution is 0.199. The van der Waals surface area contributed by atoms with Gasteiger partial charge in [0.1, 0.15) is 5.84 Å². The minimum Gasteiger partial charge on any atom is -0.344 e. The maximum absolute atomic E-state index is 4.21. The number of hydrogen-bond acceptors (Lipinski definition) is 1. The molecule has 1 saturated carbocycles. The predicted octanol–water partition coefficient (Wildman–Crippen LogP) is 3.91. The van der Waals surface area contributed by atoms with Gasteiger partial charge in [-0.25, -0.2) is 0 Å². The molecule has 1 fully saturated rings. The van der Waals surface area contributed by atoms with Crippen molar-refractivity contribution in [3.63, 3.8) is 0 Å². The molecule has 0 saturated heterocycles. The van der Waals surface area contributed by atoms with Gasteiger partial charge in [-0.05, 0) is 56.9 Å². The van der Waals surface area contributed by atoms with Crippen molar-refractivity contribution >= 4 is 5.84 Å².